The zero-order valence-electron chi connectivity index (χ0n) is 18.2. The van der Waals surface area contributed by atoms with Crippen molar-refractivity contribution in [3.8, 4) is 17.3 Å². The molecule has 7 nitrogen and oxygen atoms in total. The third kappa shape index (κ3) is 3.51. The Labute approximate surface area is 190 Å². The zero-order valence-corrected chi connectivity index (χ0v) is 18.2. The summed E-state index contributed by atoms with van der Waals surface area (Å²) >= 11 is 0. The Bertz CT molecular complexity index is 1450. The van der Waals surface area contributed by atoms with E-state index in [1.54, 1.807) is 0 Å². The Morgan fingerprint density at radius 3 is 2.79 bits per heavy atom. The van der Waals surface area contributed by atoms with Crippen LogP contribution in [0.15, 0.2) is 66.7 Å². The normalized spacial score (nSPS) is 16.0. The second-order valence-corrected chi connectivity index (χ2v) is 8.48. The molecule has 7 heteroatoms. The lowest BCUT2D eigenvalue weighted by Gasteiger charge is -2.18. The summed E-state index contributed by atoms with van der Waals surface area (Å²) in [4.78, 5) is 23.1. The van der Waals surface area contributed by atoms with Gasteiger partial charge in [-0.3, -0.25) is 9.89 Å². The highest BCUT2D eigenvalue weighted by molar-refractivity contribution is 6.01. The molecule has 1 saturated heterocycles. The van der Waals surface area contributed by atoms with Gasteiger partial charge in [0.1, 0.15) is 17.5 Å². The molecule has 164 valence electrons. The molecule has 6 rings (SSSR count). The van der Waals surface area contributed by atoms with Crippen molar-refractivity contribution in [3.05, 3.63) is 77.9 Å². The van der Waals surface area contributed by atoms with E-state index in [1.807, 2.05) is 78.6 Å². The summed E-state index contributed by atoms with van der Waals surface area (Å²) in [7, 11) is 0. The van der Waals surface area contributed by atoms with Crippen LogP contribution >= 0.6 is 0 Å². The van der Waals surface area contributed by atoms with Gasteiger partial charge >= 0.3 is 0 Å². The molecule has 0 bridgehead atoms. The van der Waals surface area contributed by atoms with Crippen LogP contribution in [0.25, 0.3) is 33.5 Å². The van der Waals surface area contributed by atoms with Gasteiger partial charge in [0.05, 0.1) is 23.1 Å². The number of likely N-dealkylation sites (tertiary alicyclic amines) is 1. The fourth-order valence-corrected chi connectivity index (χ4v) is 4.45. The number of benzene rings is 3. The van der Waals surface area contributed by atoms with Crippen molar-refractivity contribution >= 4 is 27.8 Å². The van der Waals surface area contributed by atoms with Crippen molar-refractivity contribution < 1.29 is 9.53 Å². The summed E-state index contributed by atoms with van der Waals surface area (Å²) in [5.41, 5.74) is 5.14. The van der Waals surface area contributed by atoms with E-state index in [-0.39, 0.29) is 12.0 Å². The first-order valence-corrected chi connectivity index (χ1v) is 11.1. The van der Waals surface area contributed by atoms with Crippen molar-refractivity contribution in [3.63, 3.8) is 0 Å². The highest BCUT2D eigenvalue weighted by atomic mass is 16.5. The quantitative estimate of drug-likeness (QED) is 0.426. The number of para-hydroxylation sites is 3. The fourth-order valence-electron chi connectivity index (χ4n) is 4.45. The van der Waals surface area contributed by atoms with Gasteiger partial charge in [0.25, 0.3) is 5.91 Å². The number of carbonyl (C=O) groups is 1. The van der Waals surface area contributed by atoms with E-state index in [0.29, 0.717) is 30.2 Å². The van der Waals surface area contributed by atoms with Crippen molar-refractivity contribution in [2.45, 2.75) is 19.4 Å². The van der Waals surface area contributed by atoms with Crippen molar-refractivity contribution in [1.82, 2.24) is 25.1 Å². The number of hydrogen-bond donors (Lipinski definition) is 2. The number of imidazole rings is 1. The number of nitrogens with one attached hydrogen (secondary N) is 2. The molecule has 0 radical (unpaired) electrons. The smallest absolute Gasteiger partial charge is 0.254 e. The molecule has 33 heavy (non-hydrogen) atoms. The average Bonchev–Trinajstić information content (AvgIpc) is 3.57. The minimum absolute atomic E-state index is 0.00110. The number of fused-ring (bicyclic) bond motifs is 2. The number of aromatic nitrogens is 4. The average molecular weight is 438 g/mol. The van der Waals surface area contributed by atoms with Gasteiger partial charge < -0.3 is 14.6 Å². The maximum absolute atomic E-state index is 13.3. The number of aryl methyl sites for hydroxylation is 1. The van der Waals surface area contributed by atoms with Crippen molar-refractivity contribution in [1.29, 1.82) is 0 Å². The molecule has 0 unspecified atom stereocenters. The molecular weight excluding hydrogens is 414 g/mol. The molecule has 5 aromatic rings. The molecular formula is C26H23N5O2. The van der Waals surface area contributed by atoms with Gasteiger partial charge in [-0.05, 0) is 48.9 Å². The third-order valence-corrected chi connectivity index (χ3v) is 6.24. The monoisotopic (exact) mass is 437 g/mol. The van der Waals surface area contributed by atoms with Gasteiger partial charge in [-0.1, -0.05) is 30.3 Å². The summed E-state index contributed by atoms with van der Waals surface area (Å²) in [6.07, 6.45) is 0.817. The van der Waals surface area contributed by atoms with Crippen LogP contribution in [0.5, 0.6) is 5.75 Å². The first kappa shape index (κ1) is 19.5. The molecule has 1 aliphatic rings. The summed E-state index contributed by atoms with van der Waals surface area (Å²) in [5, 5.41) is 8.38. The van der Waals surface area contributed by atoms with E-state index in [4.69, 9.17) is 4.74 Å². The van der Waals surface area contributed by atoms with Gasteiger partial charge in [0.15, 0.2) is 5.82 Å². The number of amides is 1. The number of aromatic amines is 2. The molecule has 2 aromatic heterocycles. The van der Waals surface area contributed by atoms with Crippen molar-refractivity contribution in [2.24, 2.45) is 0 Å². The lowest BCUT2D eigenvalue weighted by atomic mass is 10.1. The molecule has 0 aliphatic carbocycles. The summed E-state index contributed by atoms with van der Waals surface area (Å²) in [6.45, 7) is 3.29. The summed E-state index contributed by atoms with van der Waals surface area (Å²) in [6, 6.07) is 21.5. The standard InChI is InChI=1S/C26H23N5O2/c1-16-6-2-5-9-23(16)33-18-12-13-31(15-18)26(32)17-10-11-20-19(14-17)24(30-29-20)25-27-21-7-3-4-8-22(21)28-25/h2-11,14,18H,12-13,15H2,1H3,(H,27,28)(H,29,30)/t18-/m1/s1. The highest BCUT2D eigenvalue weighted by Crippen LogP contribution is 2.28. The number of H-pyrrole nitrogens is 2. The SMILES string of the molecule is Cc1ccccc1O[C@@H]1CCN(C(=O)c2ccc3[nH]nc(-c4nc5ccccc5[nH]4)c3c2)C1. The second-order valence-electron chi connectivity index (χ2n) is 8.48. The van der Waals surface area contributed by atoms with Gasteiger partial charge in [-0.25, -0.2) is 4.98 Å². The van der Waals surface area contributed by atoms with E-state index in [9.17, 15) is 4.79 Å². The number of hydrogen-bond acceptors (Lipinski definition) is 4. The van der Waals surface area contributed by atoms with E-state index in [2.05, 4.69) is 20.2 Å². The van der Waals surface area contributed by atoms with Crippen LogP contribution in [0.2, 0.25) is 0 Å². The largest absolute Gasteiger partial charge is 0.488 e. The number of carbonyl (C=O) groups excluding carboxylic acids is 1. The Morgan fingerprint density at radius 1 is 1.06 bits per heavy atom. The molecule has 0 spiro atoms. The van der Waals surface area contributed by atoms with Crippen LogP contribution in [0.1, 0.15) is 22.3 Å². The molecule has 1 aliphatic heterocycles. The first-order chi connectivity index (χ1) is 16.2. The summed E-state index contributed by atoms with van der Waals surface area (Å²) in [5.74, 6) is 1.57. The fraction of sp³-hybridized carbons (Fsp3) is 0.192. The number of nitrogens with zero attached hydrogens (tertiary/aromatic N) is 3. The van der Waals surface area contributed by atoms with Gasteiger partial charge in [-0.2, -0.15) is 5.10 Å². The topological polar surface area (TPSA) is 86.9 Å². The van der Waals surface area contributed by atoms with Crippen LogP contribution in [0.3, 0.4) is 0 Å². The second kappa shape index (κ2) is 7.78. The maximum atomic E-state index is 13.3. The maximum Gasteiger partial charge on any atom is 0.254 e. The number of rotatable bonds is 4. The van der Waals surface area contributed by atoms with Gasteiger partial charge in [0, 0.05) is 23.9 Å². The Kier molecular flexibility index (Phi) is 4.61. The lowest BCUT2D eigenvalue weighted by molar-refractivity contribution is 0.0772. The van der Waals surface area contributed by atoms with Crippen LogP contribution in [-0.4, -0.2) is 50.2 Å². The molecule has 1 fully saturated rings. The Morgan fingerprint density at radius 2 is 1.91 bits per heavy atom. The molecule has 3 heterocycles. The van der Waals surface area contributed by atoms with Crippen LogP contribution in [0.4, 0.5) is 0 Å². The molecule has 0 saturated carbocycles. The predicted molar refractivity (Wildman–Crippen MR) is 127 cm³/mol. The van der Waals surface area contributed by atoms with E-state index in [1.165, 1.54) is 0 Å². The van der Waals surface area contributed by atoms with Crippen molar-refractivity contribution in [2.75, 3.05) is 13.1 Å². The molecule has 3 aromatic carbocycles. The minimum atomic E-state index is -0.00110. The first-order valence-electron chi connectivity index (χ1n) is 11.1. The Balaban J connectivity index is 1.25. The van der Waals surface area contributed by atoms with Gasteiger partial charge in [-0.15, -0.1) is 0 Å². The van der Waals surface area contributed by atoms with E-state index in [0.717, 1.165) is 39.7 Å². The summed E-state index contributed by atoms with van der Waals surface area (Å²) < 4.78 is 6.16. The lowest BCUT2D eigenvalue weighted by Crippen LogP contribution is -2.31. The molecule has 2 N–H and O–H groups in total. The van der Waals surface area contributed by atoms with Gasteiger partial charge in [0.2, 0.25) is 0 Å². The van der Waals surface area contributed by atoms with Crippen LogP contribution < -0.4 is 4.74 Å². The van der Waals surface area contributed by atoms with E-state index < -0.39 is 0 Å². The van der Waals surface area contributed by atoms with E-state index >= 15 is 0 Å². The minimum Gasteiger partial charge on any atom is -0.488 e. The molecule has 1 amide bonds. The number of ether oxygens (including phenoxy) is 1. The van der Waals surface area contributed by atoms with Crippen LogP contribution in [0, 0.1) is 6.92 Å². The highest BCUT2D eigenvalue weighted by Gasteiger charge is 2.29. The third-order valence-electron chi connectivity index (χ3n) is 6.24. The molecule has 1 atom stereocenters. The van der Waals surface area contributed by atoms with Crippen LogP contribution in [-0.2, 0) is 0 Å². The predicted octanol–water partition coefficient (Wildman–Crippen LogP) is 4.71. The zero-order chi connectivity index (χ0) is 22.4. The Hall–Kier alpha value is -4.13.